The van der Waals surface area contributed by atoms with Gasteiger partial charge in [0.25, 0.3) is 0 Å². The molecule has 0 spiro atoms. The van der Waals surface area contributed by atoms with Crippen LogP contribution in [0.1, 0.15) is 25.7 Å². The van der Waals surface area contributed by atoms with Gasteiger partial charge in [0.15, 0.2) is 5.82 Å². The number of rotatable bonds is 4. The third-order valence-electron chi connectivity index (χ3n) is 5.49. The van der Waals surface area contributed by atoms with E-state index in [0.29, 0.717) is 62.9 Å². The van der Waals surface area contributed by atoms with Crippen LogP contribution in [0, 0.1) is 5.92 Å². The van der Waals surface area contributed by atoms with E-state index in [1.165, 1.54) is 0 Å². The van der Waals surface area contributed by atoms with Crippen molar-refractivity contribution < 1.29 is 14.3 Å². The van der Waals surface area contributed by atoms with Crippen LogP contribution in [0.4, 0.5) is 5.82 Å². The fourth-order valence-corrected chi connectivity index (χ4v) is 3.77. The third kappa shape index (κ3) is 4.78. The molecule has 2 amide bonds. The number of aromatic nitrogens is 5. The fraction of sp³-hybridized carbons (Fsp3) is 0.667. The quantitative estimate of drug-likeness (QED) is 0.727. The lowest BCUT2D eigenvalue weighted by molar-refractivity contribution is -0.132. The maximum atomic E-state index is 12.8. The predicted octanol–water partition coefficient (Wildman–Crippen LogP) is -0.509. The van der Waals surface area contributed by atoms with Crippen molar-refractivity contribution >= 4 is 23.3 Å². The summed E-state index contributed by atoms with van der Waals surface area (Å²) in [5, 5.41) is 14.6. The van der Waals surface area contributed by atoms with Gasteiger partial charge in [-0.05, 0) is 29.2 Å². The molecule has 2 saturated heterocycles. The van der Waals surface area contributed by atoms with E-state index in [2.05, 4.69) is 25.8 Å². The number of hydrogen-bond donors (Lipinski definition) is 1. The number of nitrogens with zero attached hydrogens (tertiary/aromatic N) is 7. The average Bonchev–Trinajstić information content (AvgIpc) is 3.42. The Labute approximate surface area is 168 Å². The van der Waals surface area contributed by atoms with E-state index >= 15 is 0 Å². The van der Waals surface area contributed by atoms with E-state index in [9.17, 15) is 9.59 Å². The zero-order chi connectivity index (χ0) is 20.1. The van der Waals surface area contributed by atoms with Crippen LogP contribution in [0.2, 0.25) is 0 Å². The number of anilines is 1. The molecule has 156 valence electrons. The van der Waals surface area contributed by atoms with E-state index in [1.54, 1.807) is 21.8 Å². The summed E-state index contributed by atoms with van der Waals surface area (Å²) in [6.07, 6.45) is 5.98. The van der Waals surface area contributed by atoms with Crippen LogP contribution in [0.25, 0.3) is 5.65 Å². The largest absolute Gasteiger partial charge is 0.381 e. The number of nitrogens with one attached hydrogen (secondary N) is 1. The molecule has 2 aliphatic rings. The predicted molar refractivity (Wildman–Crippen MR) is 103 cm³/mol. The number of fused-ring (bicyclic) bond motifs is 1. The van der Waals surface area contributed by atoms with Crippen molar-refractivity contribution in [2.75, 3.05) is 50.8 Å². The lowest BCUT2D eigenvalue weighted by Crippen LogP contribution is -2.45. The van der Waals surface area contributed by atoms with Gasteiger partial charge in [0.1, 0.15) is 0 Å². The average molecular weight is 402 g/mol. The molecule has 4 rings (SSSR count). The summed E-state index contributed by atoms with van der Waals surface area (Å²) in [4.78, 5) is 33.2. The van der Waals surface area contributed by atoms with Crippen molar-refractivity contribution in [2.45, 2.75) is 25.7 Å². The zero-order valence-electron chi connectivity index (χ0n) is 16.4. The van der Waals surface area contributed by atoms with Gasteiger partial charge < -0.3 is 19.9 Å². The number of hydrogen-bond acceptors (Lipinski definition) is 8. The summed E-state index contributed by atoms with van der Waals surface area (Å²) in [5.74, 6) is 1.13. The van der Waals surface area contributed by atoms with E-state index in [4.69, 9.17) is 4.74 Å². The van der Waals surface area contributed by atoms with Gasteiger partial charge in [-0.2, -0.15) is 4.52 Å². The highest BCUT2D eigenvalue weighted by atomic mass is 16.5. The van der Waals surface area contributed by atoms with Crippen LogP contribution in [0.15, 0.2) is 12.4 Å². The van der Waals surface area contributed by atoms with Gasteiger partial charge in [-0.15, -0.1) is 5.10 Å². The molecule has 4 heterocycles. The molecule has 0 radical (unpaired) electrons. The summed E-state index contributed by atoms with van der Waals surface area (Å²) in [5.41, 5.74) is 0.551. The van der Waals surface area contributed by atoms with Gasteiger partial charge in [0.2, 0.25) is 17.5 Å². The monoisotopic (exact) mass is 402 g/mol. The van der Waals surface area contributed by atoms with Crippen LogP contribution in [-0.2, 0) is 14.3 Å². The first-order valence-corrected chi connectivity index (χ1v) is 10.1. The highest BCUT2D eigenvalue weighted by Crippen LogP contribution is 2.19. The molecule has 2 fully saturated rings. The molecule has 11 nitrogen and oxygen atoms in total. The Morgan fingerprint density at radius 3 is 3.07 bits per heavy atom. The highest BCUT2D eigenvalue weighted by Gasteiger charge is 2.23. The Morgan fingerprint density at radius 2 is 2.21 bits per heavy atom. The minimum absolute atomic E-state index is 0.0517. The molecule has 29 heavy (non-hydrogen) atoms. The maximum Gasteiger partial charge on any atom is 0.222 e. The second kappa shape index (κ2) is 9.12. The first kappa shape index (κ1) is 19.5. The van der Waals surface area contributed by atoms with E-state index in [-0.39, 0.29) is 11.8 Å². The Morgan fingerprint density at radius 1 is 1.28 bits per heavy atom. The molecule has 0 aliphatic carbocycles. The van der Waals surface area contributed by atoms with E-state index < -0.39 is 0 Å². The van der Waals surface area contributed by atoms with Gasteiger partial charge in [0.05, 0.1) is 6.20 Å². The zero-order valence-corrected chi connectivity index (χ0v) is 16.4. The standard InChI is InChI=1S/C18H26N8O3/c27-15-3-7-24(16(28)2-1-14-4-12-29-13-14)10-11-25(8-5-19-15)17-18-21-22-23-26(18)9-6-20-17/h6,9,14H,1-5,7-8,10-13H2,(H,19,27). The Balaban J connectivity index is 1.45. The van der Waals surface area contributed by atoms with E-state index in [0.717, 1.165) is 26.1 Å². The van der Waals surface area contributed by atoms with Crippen LogP contribution >= 0.6 is 0 Å². The molecule has 2 aromatic heterocycles. The first-order chi connectivity index (χ1) is 14.2. The third-order valence-corrected chi connectivity index (χ3v) is 5.49. The van der Waals surface area contributed by atoms with Crippen LogP contribution in [0.3, 0.4) is 0 Å². The van der Waals surface area contributed by atoms with Gasteiger partial charge in [0, 0.05) is 65.0 Å². The minimum Gasteiger partial charge on any atom is -0.381 e. The molecule has 11 heteroatoms. The molecular formula is C18H26N8O3. The van der Waals surface area contributed by atoms with Gasteiger partial charge in [-0.1, -0.05) is 0 Å². The minimum atomic E-state index is -0.0517. The van der Waals surface area contributed by atoms with Crippen molar-refractivity contribution in [2.24, 2.45) is 5.92 Å². The summed E-state index contributed by atoms with van der Waals surface area (Å²) in [6, 6.07) is 0. The van der Waals surface area contributed by atoms with E-state index in [1.807, 2.05) is 4.90 Å². The Kier molecular flexibility index (Phi) is 6.13. The summed E-state index contributed by atoms with van der Waals surface area (Å²) in [6.45, 7) is 4.12. The number of ether oxygens (including phenoxy) is 1. The lowest BCUT2D eigenvalue weighted by atomic mass is 10.0. The Bertz CT molecular complexity index is 850. The highest BCUT2D eigenvalue weighted by molar-refractivity contribution is 5.79. The van der Waals surface area contributed by atoms with Crippen molar-refractivity contribution in [3.05, 3.63) is 12.4 Å². The van der Waals surface area contributed by atoms with Crippen molar-refractivity contribution in [1.82, 2.24) is 35.2 Å². The summed E-state index contributed by atoms with van der Waals surface area (Å²) in [7, 11) is 0. The molecule has 1 N–H and O–H groups in total. The van der Waals surface area contributed by atoms with Gasteiger partial charge in [-0.3, -0.25) is 9.59 Å². The number of amides is 2. The first-order valence-electron chi connectivity index (χ1n) is 10.1. The lowest BCUT2D eigenvalue weighted by Gasteiger charge is -2.30. The fourth-order valence-electron chi connectivity index (χ4n) is 3.77. The molecule has 0 bridgehead atoms. The molecule has 1 atom stereocenters. The van der Waals surface area contributed by atoms with Crippen LogP contribution in [-0.4, -0.2) is 87.7 Å². The molecule has 0 aromatic carbocycles. The van der Waals surface area contributed by atoms with Crippen molar-refractivity contribution in [1.29, 1.82) is 0 Å². The number of carbonyl (C=O) groups is 2. The molecular weight excluding hydrogens is 376 g/mol. The Hall–Kier alpha value is -2.82. The molecule has 0 saturated carbocycles. The second-order valence-electron chi connectivity index (χ2n) is 7.43. The second-order valence-corrected chi connectivity index (χ2v) is 7.43. The SMILES string of the molecule is O=C1CCN(C(=O)CCC2CCOC2)CCN(c2nccn3nnnc23)CCN1. The maximum absolute atomic E-state index is 12.8. The van der Waals surface area contributed by atoms with Crippen molar-refractivity contribution in [3.63, 3.8) is 0 Å². The van der Waals surface area contributed by atoms with Crippen LogP contribution in [0.5, 0.6) is 0 Å². The molecule has 2 aromatic rings. The van der Waals surface area contributed by atoms with Gasteiger partial charge in [-0.25, -0.2) is 4.98 Å². The van der Waals surface area contributed by atoms with Gasteiger partial charge >= 0.3 is 0 Å². The number of tetrazole rings is 1. The molecule has 2 aliphatic heterocycles. The smallest absolute Gasteiger partial charge is 0.222 e. The molecule has 1 unspecified atom stereocenters. The summed E-state index contributed by atoms with van der Waals surface area (Å²) >= 11 is 0. The van der Waals surface area contributed by atoms with Crippen LogP contribution < -0.4 is 10.2 Å². The normalized spacial score (nSPS) is 21.4. The topological polar surface area (TPSA) is 118 Å². The van der Waals surface area contributed by atoms with Crippen molar-refractivity contribution in [3.8, 4) is 0 Å². The summed E-state index contributed by atoms with van der Waals surface area (Å²) < 4.78 is 6.96. The number of carbonyl (C=O) groups excluding carboxylic acids is 2.